The lowest BCUT2D eigenvalue weighted by molar-refractivity contribution is -0.118. The summed E-state index contributed by atoms with van der Waals surface area (Å²) in [5, 5.41) is 4.28. The zero-order valence-electron chi connectivity index (χ0n) is 16.7. The maximum absolute atomic E-state index is 12.4. The van der Waals surface area contributed by atoms with Crippen LogP contribution in [-0.4, -0.2) is 17.5 Å². The number of hydrogen-bond acceptors (Lipinski definition) is 4. The number of nitrogens with one attached hydrogen (secondary N) is 1. The molecule has 0 aliphatic heterocycles. The van der Waals surface area contributed by atoms with Crippen molar-refractivity contribution < 1.29 is 9.53 Å². The zero-order valence-corrected chi connectivity index (χ0v) is 18.3. The number of ether oxygens (including phenoxy) is 1. The molecule has 6 heteroatoms. The summed E-state index contributed by atoms with van der Waals surface area (Å²) in [5.74, 6) is 0.887. The second kappa shape index (κ2) is 8.86. The van der Waals surface area contributed by atoms with Crippen molar-refractivity contribution in [1.29, 1.82) is 0 Å². The first-order valence-corrected chi connectivity index (χ1v) is 10.9. The van der Waals surface area contributed by atoms with Crippen LogP contribution >= 0.6 is 22.9 Å². The van der Waals surface area contributed by atoms with Gasteiger partial charge in [-0.05, 0) is 53.9 Å². The van der Waals surface area contributed by atoms with E-state index in [1.54, 1.807) is 23.5 Å². The molecule has 30 heavy (non-hydrogen) atoms. The van der Waals surface area contributed by atoms with Gasteiger partial charge in [-0.15, -0.1) is 11.3 Å². The van der Waals surface area contributed by atoms with Gasteiger partial charge in [-0.3, -0.25) is 4.79 Å². The number of halogens is 1. The normalized spacial score (nSPS) is 11.1. The van der Waals surface area contributed by atoms with Crippen LogP contribution in [0.1, 0.15) is 25.3 Å². The van der Waals surface area contributed by atoms with E-state index >= 15 is 0 Å². The van der Waals surface area contributed by atoms with Crippen LogP contribution in [0.2, 0.25) is 5.02 Å². The Labute approximate surface area is 184 Å². The number of para-hydroxylation sites is 1. The van der Waals surface area contributed by atoms with Crippen molar-refractivity contribution in [2.75, 3.05) is 11.9 Å². The number of carbonyl (C=O) groups is 1. The number of fused-ring (bicyclic) bond motifs is 1. The number of aromatic nitrogens is 1. The molecule has 0 fully saturated rings. The number of carbonyl (C=O) groups excluding carboxylic acids is 1. The highest BCUT2D eigenvalue weighted by Crippen LogP contribution is 2.35. The average Bonchev–Trinajstić information content (AvgIpc) is 3.18. The Morgan fingerprint density at radius 3 is 2.60 bits per heavy atom. The Kier molecular flexibility index (Phi) is 6.02. The number of rotatable bonds is 6. The van der Waals surface area contributed by atoms with Gasteiger partial charge in [-0.1, -0.05) is 49.7 Å². The number of thiazole rings is 1. The monoisotopic (exact) mass is 436 g/mol. The second-order valence-corrected chi connectivity index (χ2v) is 8.68. The molecule has 152 valence electrons. The van der Waals surface area contributed by atoms with Crippen LogP contribution in [-0.2, 0) is 4.79 Å². The van der Waals surface area contributed by atoms with Crippen molar-refractivity contribution in [1.82, 2.24) is 4.98 Å². The van der Waals surface area contributed by atoms with Crippen LogP contribution < -0.4 is 10.1 Å². The molecule has 4 nitrogen and oxygen atoms in total. The summed E-state index contributed by atoms with van der Waals surface area (Å²) in [6, 6.07) is 21.1. The van der Waals surface area contributed by atoms with Crippen molar-refractivity contribution in [2.24, 2.45) is 0 Å². The summed E-state index contributed by atoms with van der Waals surface area (Å²) < 4.78 is 6.70. The predicted octanol–water partition coefficient (Wildman–Crippen LogP) is 6.76. The summed E-state index contributed by atoms with van der Waals surface area (Å²) in [5.41, 5.74) is 3.61. The van der Waals surface area contributed by atoms with Gasteiger partial charge in [0.15, 0.2) is 6.61 Å². The quantitative estimate of drug-likeness (QED) is 0.363. The predicted molar refractivity (Wildman–Crippen MR) is 125 cm³/mol. The molecule has 0 aliphatic rings. The highest BCUT2D eigenvalue weighted by molar-refractivity contribution is 7.21. The number of anilines is 1. The molecule has 1 amide bonds. The largest absolute Gasteiger partial charge is 0.484 e. The summed E-state index contributed by atoms with van der Waals surface area (Å²) >= 11 is 7.97. The molecule has 4 aromatic rings. The van der Waals surface area contributed by atoms with Gasteiger partial charge in [-0.25, -0.2) is 4.98 Å². The summed E-state index contributed by atoms with van der Waals surface area (Å²) in [6.07, 6.45) is 0. The molecule has 0 spiro atoms. The van der Waals surface area contributed by atoms with Crippen LogP contribution in [0.15, 0.2) is 66.7 Å². The lowest BCUT2D eigenvalue weighted by Crippen LogP contribution is -2.20. The lowest BCUT2D eigenvalue weighted by atomic mass is 10.0. The molecule has 0 bridgehead atoms. The average molecular weight is 437 g/mol. The van der Waals surface area contributed by atoms with Crippen LogP contribution in [0, 0.1) is 0 Å². The zero-order chi connectivity index (χ0) is 21.1. The van der Waals surface area contributed by atoms with E-state index in [4.69, 9.17) is 16.3 Å². The third-order valence-electron chi connectivity index (χ3n) is 4.69. The molecule has 1 aromatic heterocycles. The molecular formula is C24H21ClN2O2S. The Morgan fingerprint density at radius 2 is 1.87 bits per heavy atom. The van der Waals surface area contributed by atoms with E-state index in [0.29, 0.717) is 22.4 Å². The van der Waals surface area contributed by atoms with Gasteiger partial charge in [0, 0.05) is 11.3 Å². The fourth-order valence-corrected chi connectivity index (χ4v) is 4.31. The second-order valence-electron chi connectivity index (χ2n) is 7.24. The topological polar surface area (TPSA) is 51.2 Å². The van der Waals surface area contributed by atoms with Crippen molar-refractivity contribution in [3.63, 3.8) is 0 Å². The summed E-state index contributed by atoms with van der Waals surface area (Å²) in [7, 11) is 0. The Balaban J connectivity index is 1.44. The summed E-state index contributed by atoms with van der Waals surface area (Å²) in [6.45, 7) is 4.20. The van der Waals surface area contributed by atoms with Gasteiger partial charge in [0.05, 0.1) is 15.2 Å². The van der Waals surface area contributed by atoms with Gasteiger partial charge in [0.1, 0.15) is 10.8 Å². The van der Waals surface area contributed by atoms with Gasteiger partial charge in [0.2, 0.25) is 0 Å². The Morgan fingerprint density at radius 1 is 1.10 bits per heavy atom. The molecule has 4 rings (SSSR count). The van der Waals surface area contributed by atoms with Crippen LogP contribution in [0.4, 0.5) is 5.69 Å². The maximum atomic E-state index is 12.4. The molecule has 0 saturated carbocycles. The minimum Gasteiger partial charge on any atom is -0.484 e. The SMILES string of the molecule is CC(C)c1ccc(OCC(=O)Nc2ccc(Cl)c(-c3nc4ccccc4s3)c2)cc1. The van der Waals surface area contributed by atoms with Crippen LogP contribution in [0.25, 0.3) is 20.8 Å². The fraction of sp³-hybridized carbons (Fsp3) is 0.167. The van der Waals surface area contributed by atoms with Crippen molar-refractivity contribution in [3.05, 3.63) is 77.3 Å². The van der Waals surface area contributed by atoms with E-state index in [1.807, 2.05) is 54.6 Å². The number of hydrogen-bond donors (Lipinski definition) is 1. The van der Waals surface area contributed by atoms with Gasteiger partial charge >= 0.3 is 0 Å². The first-order chi connectivity index (χ1) is 14.5. The Bertz CT molecular complexity index is 1150. The van der Waals surface area contributed by atoms with Gasteiger partial charge in [0.25, 0.3) is 5.91 Å². The molecule has 0 atom stereocenters. The molecule has 0 radical (unpaired) electrons. The lowest BCUT2D eigenvalue weighted by Gasteiger charge is -2.10. The number of nitrogens with zero attached hydrogens (tertiary/aromatic N) is 1. The number of benzene rings is 3. The van der Waals surface area contributed by atoms with Crippen LogP contribution in [0.5, 0.6) is 5.75 Å². The maximum Gasteiger partial charge on any atom is 0.262 e. The molecule has 0 unspecified atom stereocenters. The molecule has 1 heterocycles. The molecule has 0 aliphatic carbocycles. The Hall–Kier alpha value is -2.89. The van der Waals surface area contributed by atoms with E-state index in [1.165, 1.54) is 5.56 Å². The molecule has 1 N–H and O–H groups in total. The molecular weight excluding hydrogens is 416 g/mol. The summed E-state index contributed by atoms with van der Waals surface area (Å²) in [4.78, 5) is 17.0. The van der Waals surface area contributed by atoms with Gasteiger partial charge in [-0.2, -0.15) is 0 Å². The van der Waals surface area contributed by atoms with E-state index in [0.717, 1.165) is 20.8 Å². The van der Waals surface area contributed by atoms with Crippen molar-refractivity contribution >= 4 is 44.7 Å². The van der Waals surface area contributed by atoms with E-state index in [2.05, 4.69) is 24.1 Å². The van der Waals surface area contributed by atoms with Crippen molar-refractivity contribution in [2.45, 2.75) is 19.8 Å². The van der Waals surface area contributed by atoms with E-state index in [-0.39, 0.29) is 12.5 Å². The first kappa shape index (κ1) is 20.4. The highest BCUT2D eigenvalue weighted by atomic mass is 35.5. The standard InChI is InChI=1S/C24H21ClN2O2S/c1-15(2)16-7-10-18(11-8-16)29-14-23(28)26-17-9-12-20(25)19(13-17)24-27-21-5-3-4-6-22(21)30-24/h3-13,15H,14H2,1-2H3,(H,26,28). The van der Waals surface area contributed by atoms with E-state index < -0.39 is 0 Å². The van der Waals surface area contributed by atoms with Crippen LogP contribution in [0.3, 0.4) is 0 Å². The fourth-order valence-electron chi connectivity index (χ4n) is 3.05. The minimum absolute atomic E-state index is 0.0693. The third kappa shape index (κ3) is 4.64. The molecule has 3 aromatic carbocycles. The smallest absolute Gasteiger partial charge is 0.262 e. The van der Waals surface area contributed by atoms with Crippen molar-refractivity contribution in [3.8, 4) is 16.3 Å². The molecule has 0 saturated heterocycles. The highest BCUT2D eigenvalue weighted by Gasteiger charge is 2.12. The first-order valence-electron chi connectivity index (χ1n) is 9.68. The number of amides is 1. The third-order valence-corrected chi connectivity index (χ3v) is 6.09. The van der Waals surface area contributed by atoms with E-state index in [9.17, 15) is 4.79 Å². The minimum atomic E-state index is -0.236. The van der Waals surface area contributed by atoms with Gasteiger partial charge < -0.3 is 10.1 Å².